The van der Waals surface area contributed by atoms with Crippen molar-refractivity contribution in [3.05, 3.63) is 45.8 Å². The predicted molar refractivity (Wildman–Crippen MR) is 83.6 cm³/mol. The van der Waals surface area contributed by atoms with Gasteiger partial charge < -0.3 is 4.74 Å². The zero-order chi connectivity index (χ0) is 13.7. The molecule has 0 atom stereocenters. The molecule has 0 unspecified atom stereocenters. The van der Waals surface area contributed by atoms with Crippen LogP contribution in [0.2, 0.25) is 0 Å². The lowest BCUT2D eigenvalue weighted by molar-refractivity contribution is 0.397. The Morgan fingerprint density at radius 1 is 1.26 bits per heavy atom. The number of ether oxygens (including phenoxy) is 1. The Bertz CT molecular complexity index is 583. The second kappa shape index (κ2) is 6.46. The van der Waals surface area contributed by atoms with Gasteiger partial charge in [-0.15, -0.1) is 0 Å². The van der Waals surface area contributed by atoms with Crippen LogP contribution in [0.25, 0.3) is 0 Å². The maximum Gasteiger partial charge on any atom is 0.218 e. The van der Waals surface area contributed by atoms with E-state index in [1.165, 1.54) is 9.90 Å². The highest BCUT2D eigenvalue weighted by Crippen LogP contribution is 2.11. The van der Waals surface area contributed by atoms with Gasteiger partial charge in [0.2, 0.25) is 5.88 Å². The molecule has 1 aromatic carbocycles. The van der Waals surface area contributed by atoms with Crippen LogP contribution < -0.4 is 10.2 Å². The van der Waals surface area contributed by atoms with Crippen molar-refractivity contribution in [3.63, 3.8) is 0 Å². The van der Waals surface area contributed by atoms with E-state index >= 15 is 0 Å². The van der Waals surface area contributed by atoms with E-state index in [-0.39, 0.29) is 0 Å². The molecule has 1 N–H and O–H groups in total. The standard InChI is InChI=1S/C13H13IN4O/c1-9(10-3-5-11(14)6-4-10)17-18-12-7-13(19-2)16-8-15-12/h3-8H,1-2H3,(H,15,16,18)/b17-9+. The Kier molecular flexibility index (Phi) is 4.67. The summed E-state index contributed by atoms with van der Waals surface area (Å²) in [6.45, 7) is 1.94. The largest absolute Gasteiger partial charge is 0.481 e. The van der Waals surface area contributed by atoms with E-state index in [0.717, 1.165) is 11.3 Å². The molecule has 19 heavy (non-hydrogen) atoms. The van der Waals surface area contributed by atoms with Crippen LogP contribution in [0, 0.1) is 3.57 Å². The number of halogens is 1. The van der Waals surface area contributed by atoms with E-state index in [1.54, 1.807) is 13.2 Å². The lowest BCUT2D eigenvalue weighted by atomic mass is 10.1. The molecule has 0 spiro atoms. The third kappa shape index (κ3) is 3.88. The summed E-state index contributed by atoms with van der Waals surface area (Å²) in [5.74, 6) is 1.09. The normalized spacial score (nSPS) is 11.2. The number of methoxy groups -OCH3 is 1. The highest BCUT2D eigenvalue weighted by molar-refractivity contribution is 14.1. The van der Waals surface area contributed by atoms with Gasteiger partial charge in [-0.1, -0.05) is 12.1 Å². The summed E-state index contributed by atoms with van der Waals surface area (Å²) in [6.07, 6.45) is 1.43. The van der Waals surface area contributed by atoms with E-state index in [0.29, 0.717) is 11.7 Å². The highest BCUT2D eigenvalue weighted by atomic mass is 127. The van der Waals surface area contributed by atoms with Gasteiger partial charge in [-0.25, -0.2) is 9.97 Å². The smallest absolute Gasteiger partial charge is 0.218 e. The fourth-order valence-corrected chi connectivity index (χ4v) is 1.77. The number of hydrazone groups is 1. The molecule has 0 saturated heterocycles. The molecule has 6 heteroatoms. The van der Waals surface area contributed by atoms with Crippen molar-refractivity contribution in [3.8, 4) is 5.88 Å². The minimum absolute atomic E-state index is 0.500. The molecule has 0 aliphatic rings. The van der Waals surface area contributed by atoms with E-state index < -0.39 is 0 Å². The van der Waals surface area contributed by atoms with Gasteiger partial charge in [-0.05, 0) is 47.2 Å². The van der Waals surface area contributed by atoms with Crippen LogP contribution in [-0.4, -0.2) is 22.8 Å². The summed E-state index contributed by atoms with van der Waals surface area (Å²) < 4.78 is 6.22. The van der Waals surface area contributed by atoms with Crippen LogP contribution in [0.15, 0.2) is 41.8 Å². The number of hydrogen-bond donors (Lipinski definition) is 1. The average Bonchev–Trinajstić information content (AvgIpc) is 2.46. The maximum absolute atomic E-state index is 5.02. The molecule has 1 aromatic heterocycles. The van der Waals surface area contributed by atoms with Gasteiger partial charge in [0.1, 0.15) is 6.33 Å². The van der Waals surface area contributed by atoms with Crippen LogP contribution >= 0.6 is 22.6 Å². The molecule has 1 heterocycles. The predicted octanol–water partition coefficient (Wildman–Crippen LogP) is 2.93. The first kappa shape index (κ1) is 13.7. The number of nitrogens with zero attached hydrogens (tertiary/aromatic N) is 3. The van der Waals surface area contributed by atoms with Gasteiger partial charge in [-0.3, -0.25) is 5.43 Å². The summed E-state index contributed by atoms with van der Waals surface area (Å²) in [5, 5.41) is 4.29. The lowest BCUT2D eigenvalue weighted by Crippen LogP contribution is -2.01. The number of benzene rings is 1. The summed E-state index contributed by atoms with van der Waals surface area (Å²) in [7, 11) is 1.56. The van der Waals surface area contributed by atoms with Crippen LogP contribution in [0.3, 0.4) is 0 Å². The van der Waals surface area contributed by atoms with Gasteiger partial charge in [0.05, 0.1) is 12.8 Å². The second-order valence-corrected chi connectivity index (χ2v) is 5.01. The van der Waals surface area contributed by atoms with Gasteiger partial charge in [0.15, 0.2) is 5.82 Å². The van der Waals surface area contributed by atoms with Crippen LogP contribution in [0.4, 0.5) is 5.82 Å². The monoisotopic (exact) mass is 368 g/mol. The zero-order valence-corrected chi connectivity index (χ0v) is 12.7. The Hall–Kier alpha value is -1.70. The molecule has 0 aliphatic heterocycles. The number of aromatic nitrogens is 2. The van der Waals surface area contributed by atoms with Crippen molar-refractivity contribution in [2.45, 2.75) is 6.92 Å². The van der Waals surface area contributed by atoms with Gasteiger partial charge >= 0.3 is 0 Å². The Morgan fingerprint density at radius 3 is 2.68 bits per heavy atom. The minimum atomic E-state index is 0.500. The van der Waals surface area contributed by atoms with Gasteiger partial charge in [0.25, 0.3) is 0 Å². The summed E-state index contributed by atoms with van der Waals surface area (Å²) in [4.78, 5) is 7.99. The van der Waals surface area contributed by atoms with Crippen molar-refractivity contribution >= 4 is 34.1 Å². The molecular weight excluding hydrogens is 355 g/mol. The third-order valence-corrected chi connectivity index (χ3v) is 3.17. The third-order valence-electron chi connectivity index (χ3n) is 2.45. The molecule has 0 aliphatic carbocycles. The Balaban J connectivity index is 2.10. The van der Waals surface area contributed by atoms with E-state index in [1.807, 2.05) is 31.2 Å². The Labute approximate surface area is 125 Å². The number of anilines is 1. The molecule has 0 bridgehead atoms. The first-order valence-electron chi connectivity index (χ1n) is 5.61. The fourth-order valence-electron chi connectivity index (χ4n) is 1.41. The molecule has 98 valence electrons. The van der Waals surface area contributed by atoms with E-state index in [2.05, 4.69) is 43.1 Å². The molecule has 2 rings (SSSR count). The molecule has 0 fully saturated rings. The minimum Gasteiger partial charge on any atom is -0.481 e. The molecule has 5 nitrogen and oxygen atoms in total. The highest BCUT2D eigenvalue weighted by Gasteiger charge is 1.99. The molecule has 0 saturated carbocycles. The Morgan fingerprint density at radius 2 is 2.00 bits per heavy atom. The van der Waals surface area contributed by atoms with Crippen molar-refractivity contribution in [1.29, 1.82) is 0 Å². The number of rotatable bonds is 4. The van der Waals surface area contributed by atoms with Gasteiger partial charge in [0, 0.05) is 9.64 Å². The van der Waals surface area contributed by atoms with Gasteiger partial charge in [-0.2, -0.15) is 5.10 Å². The van der Waals surface area contributed by atoms with Crippen LogP contribution in [0.5, 0.6) is 5.88 Å². The topological polar surface area (TPSA) is 59.4 Å². The van der Waals surface area contributed by atoms with Crippen LogP contribution in [0.1, 0.15) is 12.5 Å². The SMILES string of the molecule is COc1cc(N/N=C(\C)c2ccc(I)cc2)ncn1. The molecule has 2 aromatic rings. The summed E-state index contributed by atoms with van der Waals surface area (Å²) in [6, 6.07) is 9.83. The zero-order valence-electron chi connectivity index (χ0n) is 10.6. The quantitative estimate of drug-likeness (QED) is 0.512. The van der Waals surface area contributed by atoms with E-state index in [9.17, 15) is 0 Å². The first-order valence-corrected chi connectivity index (χ1v) is 6.69. The lowest BCUT2D eigenvalue weighted by Gasteiger charge is -2.04. The van der Waals surface area contributed by atoms with Crippen molar-refractivity contribution in [1.82, 2.24) is 9.97 Å². The van der Waals surface area contributed by atoms with Crippen molar-refractivity contribution in [2.24, 2.45) is 5.10 Å². The number of nitrogens with one attached hydrogen (secondary N) is 1. The van der Waals surface area contributed by atoms with E-state index in [4.69, 9.17) is 4.74 Å². The average molecular weight is 368 g/mol. The molecular formula is C13H13IN4O. The molecule has 0 radical (unpaired) electrons. The maximum atomic E-state index is 5.02. The molecule has 0 amide bonds. The fraction of sp³-hybridized carbons (Fsp3) is 0.154. The summed E-state index contributed by atoms with van der Waals surface area (Å²) >= 11 is 2.27. The van der Waals surface area contributed by atoms with Crippen molar-refractivity contribution in [2.75, 3.05) is 12.5 Å². The summed E-state index contributed by atoms with van der Waals surface area (Å²) in [5.41, 5.74) is 4.83. The second-order valence-electron chi connectivity index (χ2n) is 3.76. The first-order chi connectivity index (χ1) is 9.19. The van der Waals surface area contributed by atoms with Crippen molar-refractivity contribution < 1.29 is 4.74 Å². The number of hydrogen-bond acceptors (Lipinski definition) is 5. The van der Waals surface area contributed by atoms with Crippen LogP contribution in [-0.2, 0) is 0 Å².